The summed E-state index contributed by atoms with van der Waals surface area (Å²) in [6, 6.07) is 10.6. The second-order valence-corrected chi connectivity index (χ2v) is 11.7. The van der Waals surface area contributed by atoms with Crippen molar-refractivity contribution in [2.45, 2.75) is 58.7 Å². The van der Waals surface area contributed by atoms with Gasteiger partial charge in [-0.05, 0) is 63.1 Å². The Morgan fingerprint density at radius 1 is 1.02 bits per heavy atom. The highest BCUT2D eigenvalue weighted by Crippen LogP contribution is 2.36. The molecule has 3 aromatic rings. The molecule has 0 amide bonds. The quantitative estimate of drug-likeness (QED) is 0.320. The highest BCUT2D eigenvalue weighted by atomic mass is 19.3. The summed E-state index contributed by atoms with van der Waals surface area (Å²) in [5.74, 6) is -2.58. The molecule has 1 saturated heterocycles. The number of fused-ring (bicyclic) bond motifs is 1. The lowest BCUT2D eigenvalue weighted by atomic mass is 9.98. The smallest absolute Gasteiger partial charge is 0.419 e. The fraction of sp³-hybridized carbons (Fsp3) is 0.484. The highest BCUT2D eigenvalue weighted by Gasteiger charge is 2.34. The zero-order valence-corrected chi connectivity index (χ0v) is 24.8. The maximum atomic E-state index is 14.0. The lowest BCUT2D eigenvalue weighted by Gasteiger charge is -2.42. The number of alkyl halides is 2. The van der Waals surface area contributed by atoms with Crippen LogP contribution in [0, 0.1) is 6.92 Å². The van der Waals surface area contributed by atoms with Crippen LogP contribution in [0.3, 0.4) is 0 Å². The van der Waals surface area contributed by atoms with Crippen LogP contribution in [-0.2, 0) is 16.0 Å². The molecule has 8 nitrogen and oxygen atoms in total. The summed E-state index contributed by atoms with van der Waals surface area (Å²) in [7, 11) is 2.94. The number of methoxy groups -OCH3 is 2. The second-order valence-electron chi connectivity index (χ2n) is 11.7. The van der Waals surface area contributed by atoms with Crippen LogP contribution >= 0.6 is 0 Å². The highest BCUT2D eigenvalue weighted by molar-refractivity contribution is 5.95. The predicted octanol–water partition coefficient (Wildman–Crippen LogP) is 6.04. The Morgan fingerprint density at radius 2 is 1.71 bits per heavy atom. The molecule has 1 aliphatic heterocycles. The van der Waals surface area contributed by atoms with Crippen LogP contribution in [0.25, 0.3) is 10.9 Å². The average molecular weight is 572 g/mol. The van der Waals surface area contributed by atoms with E-state index in [1.807, 2.05) is 52.0 Å². The molecule has 0 bridgehead atoms. The van der Waals surface area contributed by atoms with Gasteiger partial charge in [-0.2, -0.15) is 0 Å². The number of carbonyl (C=O) groups excluding carboxylic acids is 2. The Labute approximate surface area is 239 Å². The molecule has 10 heteroatoms. The number of carbonyl (C=O) groups is 2. The van der Waals surface area contributed by atoms with Crippen LogP contribution in [0.15, 0.2) is 42.6 Å². The molecule has 0 unspecified atom stereocenters. The van der Waals surface area contributed by atoms with Gasteiger partial charge < -0.3 is 14.2 Å². The van der Waals surface area contributed by atoms with Gasteiger partial charge in [-0.25, -0.2) is 18.4 Å². The van der Waals surface area contributed by atoms with Crippen LogP contribution in [-0.4, -0.2) is 78.4 Å². The van der Waals surface area contributed by atoms with E-state index in [0.717, 1.165) is 34.5 Å². The van der Waals surface area contributed by atoms with Crippen molar-refractivity contribution in [1.29, 1.82) is 0 Å². The van der Waals surface area contributed by atoms with Crippen molar-refractivity contribution in [3.05, 3.63) is 64.8 Å². The molecule has 1 atom stereocenters. The third kappa shape index (κ3) is 7.05. The van der Waals surface area contributed by atoms with Crippen molar-refractivity contribution in [3.8, 4) is 5.75 Å². The van der Waals surface area contributed by atoms with Gasteiger partial charge in [0, 0.05) is 56.3 Å². The van der Waals surface area contributed by atoms with E-state index in [-0.39, 0.29) is 12.6 Å². The fourth-order valence-electron chi connectivity index (χ4n) is 5.45. The molecule has 1 fully saturated rings. The van der Waals surface area contributed by atoms with Crippen LogP contribution in [0.2, 0.25) is 0 Å². The first-order valence-corrected chi connectivity index (χ1v) is 13.6. The largest absolute Gasteiger partial charge is 0.496 e. The number of piperazine rings is 1. The molecule has 41 heavy (non-hydrogen) atoms. The number of hydrogen-bond acceptors (Lipinski definition) is 7. The summed E-state index contributed by atoms with van der Waals surface area (Å²) in [6.07, 6.45) is 1.24. The van der Waals surface area contributed by atoms with E-state index >= 15 is 0 Å². The monoisotopic (exact) mass is 571 g/mol. The molecule has 0 N–H and O–H groups in total. The standard InChI is InChI=1S/C31H39F2N3O5/c1-20-16-26(39-6)24(23-12-13-36(27(20)23)29(38)41-30(2,3)4)17-35-15-14-34(19-31(5,32)33)18-25(35)21-8-10-22(11-9-21)28(37)40-7/h8-13,16,25H,14-15,17-19H2,1-7H3/t25-/m0/s1. The van der Waals surface area contributed by atoms with Crippen molar-refractivity contribution in [2.24, 2.45) is 0 Å². The number of aryl methyl sites for hydroxylation is 1. The minimum absolute atomic E-state index is 0.230. The predicted molar refractivity (Wildman–Crippen MR) is 153 cm³/mol. The number of hydrogen-bond donors (Lipinski definition) is 0. The third-order valence-corrected chi connectivity index (χ3v) is 7.19. The van der Waals surface area contributed by atoms with Crippen molar-refractivity contribution in [2.75, 3.05) is 40.4 Å². The molecule has 0 aliphatic carbocycles. The SMILES string of the molecule is COC(=O)c1ccc([C@@H]2CN(CC(C)(F)F)CCN2Cc2c(OC)cc(C)c3c2ccn3C(=O)OC(C)(C)C)cc1. The topological polar surface area (TPSA) is 73.2 Å². The zero-order valence-electron chi connectivity index (χ0n) is 24.8. The number of aromatic nitrogens is 1. The average Bonchev–Trinajstić information content (AvgIpc) is 3.35. The van der Waals surface area contributed by atoms with Crippen molar-refractivity contribution in [1.82, 2.24) is 14.4 Å². The maximum absolute atomic E-state index is 14.0. The molecular formula is C31H39F2N3O5. The molecule has 2 heterocycles. The van der Waals surface area contributed by atoms with Crippen LogP contribution < -0.4 is 4.74 Å². The van der Waals surface area contributed by atoms with Crippen LogP contribution in [0.5, 0.6) is 5.75 Å². The third-order valence-electron chi connectivity index (χ3n) is 7.19. The lowest BCUT2D eigenvalue weighted by Crippen LogP contribution is -2.50. The van der Waals surface area contributed by atoms with Gasteiger partial charge in [0.2, 0.25) is 0 Å². The summed E-state index contributed by atoms with van der Waals surface area (Å²) in [6.45, 7) is 9.83. The van der Waals surface area contributed by atoms with Crippen molar-refractivity contribution in [3.63, 3.8) is 0 Å². The Hall–Kier alpha value is -3.50. The second kappa shape index (κ2) is 11.8. The minimum atomic E-state index is -2.82. The van der Waals surface area contributed by atoms with E-state index in [1.54, 1.807) is 30.3 Å². The van der Waals surface area contributed by atoms with Gasteiger partial charge in [-0.15, -0.1) is 0 Å². The Kier molecular flexibility index (Phi) is 8.75. The van der Waals surface area contributed by atoms with Gasteiger partial charge in [0.15, 0.2) is 0 Å². The van der Waals surface area contributed by atoms with E-state index in [1.165, 1.54) is 11.7 Å². The Bertz CT molecular complexity index is 1410. The van der Waals surface area contributed by atoms with Gasteiger partial charge >= 0.3 is 12.1 Å². The number of esters is 1. The molecular weight excluding hydrogens is 532 g/mol. The van der Waals surface area contributed by atoms with Gasteiger partial charge in [0.25, 0.3) is 5.92 Å². The van der Waals surface area contributed by atoms with E-state index in [0.29, 0.717) is 37.5 Å². The maximum Gasteiger partial charge on any atom is 0.419 e. The first kappa shape index (κ1) is 30.5. The van der Waals surface area contributed by atoms with Crippen LogP contribution in [0.1, 0.15) is 60.8 Å². The summed E-state index contributed by atoms with van der Waals surface area (Å²) in [5.41, 5.74) is 3.15. The number of rotatable bonds is 7. The minimum Gasteiger partial charge on any atom is -0.496 e. The summed E-state index contributed by atoms with van der Waals surface area (Å²) in [5, 5.41) is 0.856. The number of ether oxygens (including phenoxy) is 3. The molecule has 0 saturated carbocycles. The van der Waals surface area contributed by atoms with Gasteiger partial charge in [-0.3, -0.25) is 14.4 Å². The molecule has 0 radical (unpaired) electrons. The molecule has 222 valence electrons. The van der Waals surface area contributed by atoms with Gasteiger partial charge in [-0.1, -0.05) is 12.1 Å². The van der Waals surface area contributed by atoms with Crippen molar-refractivity contribution >= 4 is 23.0 Å². The fourth-order valence-corrected chi connectivity index (χ4v) is 5.45. The van der Waals surface area contributed by atoms with E-state index in [4.69, 9.17) is 14.2 Å². The number of halogens is 2. The van der Waals surface area contributed by atoms with E-state index in [9.17, 15) is 18.4 Å². The van der Waals surface area contributed by atoms with E-state index in [2.05, 4.69) is 4.90 Å². The summed E-state index contributed by atoms with van der Waals surface area (Å²) < 4.78 is 45.7. The van der Waals surface area contributed by atoms with Crippen molar-refractivity contribution < 1.29 is 32.6 Å². The molecule has 2 aromatic carbocycles. The normalized spacial score (nSPS) is 17.0. The van der Waals surface area contributed by atoms with Gasteiger partial charge in [0.05, 0.1) is 31.8 Å². The molecule has 0 spiro atoms. The first-order valence-electron chi connectivity index (χ1n) is 13.6. The molecule has 1 aliphatic rings. The Balaban J connectivity index is 1.73. The number of benzene rings is 2. The summed E-state index contributed by atoms with van der Waals surface area (Å²) in [4.78, 5) is 29.0. The molecule has 4 rings (SSSR count). The summed E-state index contributed by atoms with van der Waals surface area (Å²) >= 11 is 0. The van der Waals surface area contributed by atoms with Gasteiger partial charge in [0.1, 0.15) is 11.4 Å². The number of nitrogens with zero attached hydrogens (tertiary/aromatic N) is 3. The zero-order chi connectivity index (χ0) is 30.1. The first-order chi connectivity index (χ1) is 19.2. The molecule has 1 aromatic heterocycles. The van der Waals surface area contributed by atoms with Crippen LogP contribution in [0.4, 0.5) is 13.6 Å². The lowest BCUT2D eigenvalue weighted by molar-refractivity contribution is -0.0378. The Morgan fingerprint density at radius 3 is 2.29 bits per heavy atom. The van der Waals surface area contributed by atoms with E-state index < -0.39 is 23.6 Å².